The zero-order valence-corrected chi connectivity index (χ0v) is 11.6. The van der Waals surface area contributed by atoms with Crippen LogP contribution in [0.3, 0.4) is 0 Å². The van der Waals surface area contributed by atoms with Gasteiger partial charge < -0.3 is 5.32 Å². The zero-order valence-electron chi connectivity index (χ0n) is 10.8. The van der Waals surface area contributed by atoms with Gasteiger partial charge in [0, 0.05) is 10.9 Å². The maximum Gasteiger partial charge on any atom is 0.233 e. The molecular weight excluding hydrogens is 230 g/mol. The van der Waals surface area contributed by atoms with Crippen LogP contribution in [0, 0.1) is 0 Å². The van der Waals surface area contributed by atoms with Gasteiger partial charge in [-0.25, -0.2) is 0 Å². The third kappa shape index (κ3) is 5.26. The van der Waals surface area contributed by atoms with Crippen LogP contribution in [0.15, 0.2) is 35.2 Å². The lowest BCUT2D eigenvalue weighted by atomic mass is 10.2. The number of amides is 1. The number of rotatable bonds is 6. The first-order valence-corrected chi connectivity index (χ1v) is 7.03. The fourth-order valence-electron chi connectivity index (χ4n) is 1.62. The van der Waals surface area contributed by atoms with Crippen molar-refractivity contribution in [2.24, 2.45) is 0 Å². The molecule has 0 radical (unpaired) electrons. The molecule has 0 aliphatic heterocycles. The van der Waals surface area contributed by atoms with Gasteiger partial charge in [-0.1, -0.05) is 31.5 Å². The quantitative estimate of drug-likeness (QED) is 0.784. The maximum atomic E-state index is 11.9. The molecule has 1 amide bonds. The van der Waals surface area contributed by atoms with Crippen molar-refractivity contribution in [3.8, 4) is 0 Å². The predicted molar refractivity (Wildman–Crippen MR) is 74.3 cm³/mol. The number of nitrogens with one attached hydrogen (secondary N) is 1. The number of hydrogen-bond acceptors (Lipinski definition) is 2. The van der Waals surface area contributed by atoms with Crippen molar-refractivity contribution in [2.45, 2.75) is 49.8 Å². The van der Waals surface area contributed by atoms with E-state index in [1.54, 1.807) is 11.8 Å². The molecule has 0 spiro atoms. The Labute approximate surface area is 108 Å². The third-order valence-electron chi connectivity index (χ3n) is 2.54. The minimum atomic E-state index is -0.0447. The zero-order chi connectivity index (χ0) is 12.7. The van der Waals surface area contributed by atoms with Crippen molar-refractivity contribution in [2.75, 3.05) is 0 Å². The maximum absolute atomic E-state index is 11.9. The smallest absolute Gasteiger partial charge is 0.233 e. The molecule has 0 heterocycles. The van der Waals surface area contributed by atoms with Gasteiger partial charge in [-0.2, -0.15) is 0 Å². The Morgan fingerprint density at radius 1 is 1.29 bits per heavy atom. The average Bonchev–Trinajstić information content (AvgIpc) is 2.30. The molecule has 2 nitrogen and oxygen atoms in total. The number of carbonyl (C=O) groups excluding carboxylic acids is 1. The van der Waals surface area contributed by atoms with Gasteiger partial charge in [0.2, 0.25) is 5.91 Å². The molecule has 0 saturated heterocycles. The molecule has 0 aromatic heterocycles. The summed E-state index contributed by atoms with van der Waals surface area (Å²) in [7, 11) is 0. The van der Waals surface area contributed by atoms with E-state index in [1.165, 1.54) is 0 Å². The highest BCUT2D eigenvalue weighted by Crippen LogP contribution is 2.22. The summed E-state index contributed by atoms with van der Waals surface area (Å²) in [5, 5.41) is 3.00. The molecule has 17 heavy (non-hydrogen) atoms. The molecule has 3 heteroatoms. The highest BCUT2D eigenvalue weighted by molar-refractivity contribution is 8.00. The van der Waals surface area contributed by atoms with E-state index in [9.17, 15) is 4.79 Å². The minimum Gasteiger partial charge on any atom is -0.353 e. The monoisotopic (exact) mass is 251 g/mol. The first-order valence-electron chi connectivity index (χ1n) is 6.15. The van der Waals surface area contributed by atoms with Crippen LogP contribution in [0.5, 0.6) is 0 Å². The van der Waals surface area contributed by atoms with E-state index in [0.717, 1.165) is 17.7 Å². The lowest BCUT2D eigenvalue weighted by Crippen LogP contribution is -2.37. The second-order valence-electron chi connectivity index (χ2n) is 4.27. The normalized spacial score (nSPS) is 14.1. The van der Waals surface area contributed by atoms with Crippen LogP contribution in [0.1, 0.15) is 33.6 Å². The van der Waals surface area contributed by atoms with Crippen molar-refractivity contribution >= 4 is 17.7 Å². The largest absolute Gasteiger partial charge is 0.353 e. The Morgan fingerprint density at radius 2 is 1.94 bits per heavy atom. The molecule has 1 N–H and O–H groups in total. The molecule has 94 valence electrons. The molecule has 0 fully saturated rings. The van der Waals surface area contributed by atoms with Crippen molar-refractivity contribution < 1.29 is 4.79 Å². The Bertz CT molecular complexity index is 339. The van der Waals surface area contributed by atoms with Crippen molar-refractivity contribution in [3.63, 3.8) is 0 Å². The van der Waals surface area contributed by atoms with Crippen molar-refractivity contribution in [3.05, 3.63) is 30.3 Å². The summed E-state index contributed by atoms with van der Waals surface area (Å²) in [5.41, 5.74) is 0. The van der Waals surface area contributed by atoms with Gasteiger partial charge in [0.05, 0.1) is 5.25 Å². The molecule has 1 aromatic rings. The first-order chi connectivity index (χ1) is 8.13. The van der Waals surface area contributed by atoms with E-state index in [1.807, 2.05) is 37.3 Å². The van der Waals surface area contributed by atoms with Crippen LogP contribution in [0.25, 0.3) is 0 Å². The lowest BCUT2D eigenvalue weighted by molar-refractivity contribution is -0.120. The summed E-state index contributed by atoms with van der Waals surface area (Å²) < 4.78 is 0. The van der Waals surface area contributed by atoms with E-state index in [-0.39, 0.29) is 17.2 Å². The van der Waals surface area contributed by atoms with E-state index in [0.29, 0.717) is 0 Å². The van der Waals surface area contributed by atoms with Gasteiger partial charge >= 0.3 is 0 Å². The van der Waals surface area contributed by atoms with Gasteiger partial charge in [-0.3, -0.25) is 4.79 Å². The van der Waals surface area contributed by atoms with Gasteiger partial charge in [0.25, 0.3) is 0 Å². The summed E-state index contributed by atoms with van der Waals surface area (Å²) >= 11 is 1.60. The Morgan fingerprint density at radius 3 is 2.53 bits per heavy atom. The van der Waals surface area contributed by atoms with E-state index < -0.39 is 0 Å². The molecule has 1 rings (SSSR count). The Hall–Kier alpha value is -0.960. The summed E-state index contributed by atoms with van der Waals surface area (Å²) in [5.74, 6) is 0.125. The number of hydrogen-bond donors (Lipinski definition) is 1. The fourth-order valence-corrected chi connectivity index (χ4v) is 2.52. The minimum absolute atomic E-state index is 0.0447. The van der Waals surface area contributed by atoms with E-state index in [2.05, 4.69) is 19.2 Å². The highest BCUT2D eigenvalue weighted by atomic mass is 32.2. The topological polar surface area (TPSA) is 29.1 Å². The number of carbonyl (C=O) groups is 1. The van der Waals surface area contributed by atoms with Crippen LogP contribution >= 0.6 is 11.8 Å². The van der Waals surface area contributed by atoms with Crippen LogP contribution in [0.4, 0.5) is 0 Å². The van der Waals surface area contributed by atoms with Crippen LogP contribution in [0.2, 0.25) is 0 Å². The summed E-state index contributed by atoms with van der Waals surface area (Å²) in [6, 6.07) is 10.3. The standard InChI is InChI=1S/C14H21NOS/c1-4-8-11(2)15-14(16)12(3)17-13-9-6-5-7-10-13/h5-7,9-12H,4,8H2,1-3H3,(H,15,16)/t11-,12+/m1/s1. The molecule has 0 bridgehead atoms. The van der Waals surface area contributed by atoms with Gasteiger partial charge in [0.1, 0.15) is 0 Å². The number of benzene rings is 1. The molecule has 1 aromatic carbocycles. The van der Waals surface area contributed by atoms with Gasteiger partial charge in [-0.05, 0) is 32.4 Å². The second-order valence-corrected chi connectivity index (χ2v) is 5.69. The van der Waals surface area contributed by atoms with Gasteiger partial charge in [-0.15, -0.1) is 11.8 Å². The molecule has 0 unspecified atom stereocenters. The first kappa shape index (κ1) is 14.1. The SMILES string of the molecule is CCC[C@@H](C)NC(=O)[C@H](C)Sc1ccccc1. The molecule has 0 aliphatic carbocycles. The predicted octanol–water partition coefficient (Wildman–Crippen LogP) is 3.47. The number of thioether (sulfide) groups is 1. The van der Waals surface area contributed by atoms with Crippen LogP contribution in [-0.4, -0.2) is 17.2 Å². The van der Waals surface area contributed by atoms with Crippen molar-refractivity contribution in [1.82, 2.24) is 5.32 Å². The molecular formula is C14H21NOS. The highest BCUT2D eigenvalue weighted by Gasteiger charge is 2.15. The van der Waals surface area contributed by atoms with E-state index >= 15 is 0 Å². The summed E-state index contributed by atoms with van der Waals surface area (Å²) in [4.78, 5) is 13.0. The fraction of sp³-hybridized carbons (Fsp3) is 0.500. The third-order valence-corrected chi connectivity index (χ3v) is 3.65. The molecule has 0 saturated carbocycles. The summed E-state index contributed by atoms with van der Waals surface area (Å²) in [6.45, 7) is 6.14. The van der Waals surface area contributed by atoms with Gasteiger partial charge in [0.15, 0.2) is 0 Å². The molecule has 0 aliphatic rings. The summed E-state index contributed by atoms with van der Waals surface area (Å²) in [6.07, 6.45) is 2.14. The Balaban J connectivity index is 2.42. The van der Waals surface area contributed by atoms with E-state index in [4.69, 9.17) is 0 Å². The lowest BCUT2D eigenvalue weighted by Gasteiger charge is -2.16. The van der Waals surface area contributed by atoms with Crippen LogP contribution in [-0.2, 0) is 4.79 Å². The average molecular weight is 251 g/mol. The Kier molecular flexibility index (Phi) is 6.12. The van der Waals surface area contributed by atoms with Crippen LogP contribution < -0.4 is 5.32 Å². The second kappa shape index (κ2) is 7.38. The van der Waals surface area contributed by atoms with Crippen molar-refractivity contribution in [1.29, 1.82) is 0 Å². The molecule has 2 atom stereocenters.